The number of methoxy groups -OCH3 is 1. The number of H-pyrrole nitrogens is 1. The van der Waals surface area contributed by atoms with Crippen molar-refractivity contribution in [2.75, 3.05) is 13.7 Å². The molecule has 0 fully saturated rings. The summed E-state index contributed by atoms with van der Waals surface area (Å²) in [7, 11) is 1.28. The van der Waals surface area contributed by atoms with Crippen molar-refractivity contribution in [3.05, 3.63) is 73.7 Å². The molecule has 30 heavy (non-hydrogen) atoms. The fraction of sp³-hybridized carbons (Fsp3) is 0.238. The molecule has 3 aromatic rings. The number of aromatic amines is 1. The van der Waals surface area contributed by atoms with E-state index in [2.05, 4.69) is 15.0 Å². The van der Waals surface area contributed by atoms with Crippen LogP contribution in [0.3, 0.4) is 0 Å². The van der Waals surface area contributed by atoms with Gasteiger partial charge in [0.2, 0.25) is 5.91 Å². The minimum Gasteiger partial charge on any atom is -0.465 e. The van der Waals surface area contributed by atoms with Gasteiger partial charge in [0.25, 0.3) is 5.56 Å². The van der Waals surface area contributed by atoms with E-state index in [9.17, 15) is 14.4 Å². The van der Waals surface area contributed by atoms with E-state index in [1.54, 1.807) is 12.1 Å². The predicted molar refractivity (Wildman–Crippen MR) is 118 cm³/mol. The fourth-order valence-electron chi connectivity index (χ4n) is 3.00. The summed E-state index contributed by atoms with van der Waals surface area (Å²) in [5, 5.41) is 3.88. The Morgan fingerprint density at radius 1 is 1.20 bits per heavy atom. The van der Waals surface area contributed by atoms with Crippen molar-refractivity contribution in [1.82, 2.24) is 14.9 Å². The lowest BCUT2D eigenvalue weighted by atomic mass is 10.1. The third-order valence-electron chi connectivity index (χ3n) is 4.61. The number of esters is 1. The second-order valence-electron chi connectivity index (χ2n) is 6.62. The van der Waals surface area contributed by atoms with E-state index in [0.29, 0.717) is 34.5 Å². The summed E-state index contributed by atoms with van der Waals surface area (Å²) in [4.78, 5) is 39.5. The standard InChI is InChI=1S/C21H20ClN3O4S/c1-29-20(28)14-4-7-16-17(12-14)24-21(30)25(19(16)27)11-9-18(26)23-10-8-13-2-5-15(22)6-3-13/h2-7,12H,8-11H2,1H3,(H,23,26)(H,24,30). The Bertz CT molecular complexity index is 1200. The van der Waals surface area contributed by atoms with E-state index in [1.165, 1.54) is 29.9 Å². The quantitative estimate of drug-likeness (QED) is 0.430. The highest BCUT2D eigenvalue weighted by Gasteiger charge is 2.11. The minimum absolute atomic E-state index is 0.115. The lowest BCUT2D eigenvalue weighted by Gasteiger charge is -2.09. The highest BCUT2D eigenvalue weighted by atomic mass is 35.5. The molecular weight excluding hydrogens is 426 g/mol. The first-order chi connectivity index (χ1) is 14.4. The summed E-state index contributed by atoms with van der Waals surface area (Å²) in [6.45, 7) is 0.631. The Morgan fingerprint density at radius 2 is 1.93 bits per heavy atom. The van der Waals surface area contributed by atoms with Crippen LogP contribution in [-0.2, 0) is 22.5 Å². The van der Waals surface area contributed by atoms with Gasteiger partial charge in [-0.15, -0.1) is 0 Å². The second kappa shape index (κ2) is 9.69. The summed E-state index contributed by atoms with van der Waals surface area (Å²) >= 11 is 11.1. The molecular formula is C21H20ClN3O4S. The van der Waals surface area contributed by atoms with Gasteiger partial charge in [0.15, 0.2) is 4.77 Å². The summed E-state index contributed by atoms with van der Waals surface area (Å²) < 4.78 is 6.21. The highest BCUT2D eigenvalue weighted by Crippen LogP contribution is 2.12. The van der Waals surface area contributed by atoms with Crippen LogP contribution in [-0.4, -0.2) is 35.1 Å². The number of amides is 1. The van der Waals surface area contributed by atoms with Crippen molar-refractivity contribution in [3.63, 3.8) is 0 Å². The first-order valence-electron chi connectivity index (χ1n) is 9.25. The third kappa shape index (κ3) is 5.14. The van der Waals surface area contributed by atoms with Gasteiger partial charge >= 0.3 is 5.97 Å². The summed E-state index contributed by atoms with van der Waals surface area (Å²) in [5.41, 5.74) is 1.50. The molecule has 1 amide bonds. The smallest absolute Gasteiger partial charge is 0.337 e. The van der Waals surface area contributed by atoms with Crippen molar-refractivity contribution in [3.8, 4) is 0 Å². The number of rotatable bonds is 7. The van der Waals surface area contributed by atoms with E-state index in [4.69, 9.17) is 23.8 Å². The monoisotopic (exact) mass is 445 g/mol. The van der Waals surface area contributed by atoms with Gasteiger partial charge in [-0.3, -0.25) is 14.2 Å². The first-order valence-corrected chi connectivity index (χ1v) is 10.0. The number of fused-ring (bicyclic) bond motifs is 1. The minimum atomic E-state index is -0.504. The molecule has 0 bridgehead atoms. The van der Waals surface area contributed by atoms with Gasteiger partial charge in [0.05, 0.1) is 23.6 Å². The molecule has 0 spiro atoms. The molecule has 156 valence electrons. The number of nitrogens with zero attached hydrogens (tertiary/aromatic N) is 1. The predicted octanol–water partition coefficient (Wildman–Crippen LogP) is 3.25. The number of hydrogen-bond acceptors (Lipinski definition) is 5. The molecule has 3 rings (SSSR count). The maximum absolute atomic E-state index is 12.8. The maximum Gasteiger partial charge on any atom is 0.337 e. The largest absolute Gasteiger partial charge is 0.465 e. The van der Waals surface area contributed by atoms with Crippen LogP contribution in [0.25, 0.3) is 10.9 Å². The Hall–Kier alpha value is -2.97. The molecule has 9 heteroatoms. The van der Waals surface area contributed by atoms with E-state index in [-0.39, 0.29) is 29.2 Å². The van der Waals surface area contributed by atoms with Crippen LogP contribution in [0.1, 0.15) is 22.3 Å². The molecule has 0 aliphatic heterocycles. The molecule has 0 unspecified atom stereocenters. The lowest BCUT2D eigenvalue weighted by molar-refractivity contribution is -0.121. The van der Waals surface area contributed by atoms with Gasteiger partial charge in [-0.25, -0.2) is 4.79 Å². The summed E-state index contributed by atoms with van der Waals surface area (Å²) in [6.07, 6.45) is 0.797. The summed E-state index contributed by atoms with van der Waals surface area (Å²) in [6, 6.07) is 12.0. The van der Waals surface area contributed by atoms with Crippen LogP contribution in [0.15, 0.2) is 47.3 Å². The molecule has 7 nitrogen and oxygen atoms in total. The second-order valence-corrected chi connectivity index (χ2v) is 7.44. The van der Waals surface area contributed by atoms with Crippen LogP contribution >= 0.6 is 23.8 Å². The van der Waals surface area contributed by atoms with E-state index in [0.717, 1.165) is 5.56 Å². The Morgan fingerprint density at radius 3 is 2.63 bits per heavy atom. The fourth-order valence-corrected chi connectivity index (χ4v) is 3.41. The van der Waals surface area contributed by atoms with Crippen molar-refractivity contribution < 1.29 is 14.3 Å². The van der Waals surface area contributed by atoms with Crippen LogP contribution in [0.4, 0.5) is 0 Å². The van der Waals surface area contributed by atoms with Gasteiger partial charge in [-0.1, -0.05) is 23.7 Å². The number of nitrogens with one attached hydrogen (secondary N) is 2. The molecule has 0 aliphatic carbocycles. The molecule has 0 radical (unpaired) electrons. The first kappa shape index (κ1) is 21.7. The van der Waals surface area contributed by atoms with Gasteiger partial charge in [0.1, 0.15) is 0 Å². The van der Waals surface area contributed by atoms with Crippen LogP contribution in [0.5, 0.6) is 0 Å². The zero-order valence-electron chi connectivity index (χ0n) is 16.2. The van der Waals surface area contributed by atoms with E-state index in [1.807, 2.05) is 12.1 Å². The number of halogens is 1. The third-order valence-corrected chi connectivity index (χ3v) is 5.19. The van der Waals surface area contributed by atoms with Crippen LogP contribution in [0, 0.1) is 4.77 Å². The summed E-state index contributed by atoms with van der Waals surface area (Å²) in [5.74, 6) is -0.679. The van der Waals surface area contributed by atoms with Gasteiger partial charge in [-0.2, -0.15) is 0 Å². The lowest BCUT2D eigenvalue weighted by Crippen LogP contribution is -2.29. The zero-order chi connectivity index (χ0) is 21.7. The normalized spacial score (nSPS) is 10.7. The molecule has 2 N–H and O–H groups in total. The average Bonchev–Trinajstić information content (AvgIpc) is 2.74. The van der Waals surface area contributed by atoms with Gasteiger partial charge in [0, 0.05) is 24.5 Å². The van der Waals surface area contributed by atoms with Gasteiger partial charge < -0.3 is 15.0 Å². The molecule has 0 atom stereocenters. The van der Waals surface area contributed by atoms with Crippen LogP contribution < -0.4 is 10.9 Å². The maximum atomic E-state index is 12.8. The van der Waals surface area contributed by atoms with Crippen molar-refractivity contribution in [1.29, 1.82) is 0 Å². The highest BCUT2D eigenvalue weighted by molar-refractivity contribution is 7.71. The average molecular weight is 446 g/mol. The number of hydrogen-bond donors (Lipinski definition) is 2. The van der Waals surface area contributed by atoms with Crippen LogP contribution in [0.2, 0.25) is 5.02 Å². The van der Waals surface area contributed by atoms with E-state index < -0.39 is 5.97 Å². The molecule has 0 saturated carbocycles. The van der Waals surface area contributed by atoms with E-state index >= 15 is 0 Å². The SMILES string of the molecule is COC(=O)c1ccc2c(=O)n(CCC(=O)NCCc3ccc(Cl)cc3)c(=S)[nH]c2c1. The Balaban J connectivity index is 1.64. The Kier molecular flexibility index (Phi) is 7.02. The van der Waals surface area contributed by atoms with Gasteiger partial charge in [-0.05, 0) is 54.5 Å². The number of aromatic nitrogens is 2. The Labute approximate surface area is 182 Å². The van der Waals surface area contributed by atoms with Crippen molar-refractivity contribution in [2.24, 2.45) is 0 Å². The molecule has 1 heterocycles. The molecule has 2 aromatic carbocycles. The molecule has 0 saturated heterocycles. The number of carbonyl (C=O) groups is 2. The zero-order valence-corrected chi connectivity index (χ0v) is 17.8. The molecule has 1 aromatic heterocycles. The number of benzene rings is 2. The molecule has 0 aliphatic rings. The number of ether oxygens (including phenoxy) is 1. The topological polar surface area (TPSA) is 93.2 Å². The number of carbonyl (C=O) groups excluding carboxylic acids is 2. The van der Waals surface area contributed by atoms with Crippen molar-refractivity contribution >= 4 is 46.6 Å². The van der Waals surface area contributed by atoms with Crippen molar-refractivity contribution in [2.45, 2.75) is 19.4 Å².